The van der Waals surface area contributed by atoms with Crippen molar-refractivity contribution in [2.24, 2.45) is 0 Å². The van der Waals surface area contributed by atoms with Gasteiger partial charge in [0.15, 0.2) is 0 Å². The van der Waals surface area contributed by atoms with Crippen LogP contribution in [0.15, 0.2) is 30.5 Å². The Morgan fingerprint density at radius 2 is 2.18 bits per heavy atom. The van der Waals surface area contributed by atoms with Crippen LogP contribution in [0.2, 0.25) is 5.02 Å². The van der Waals surface area contributed by atoms with Crippen molar-refractivity contribution in [2.45, 2.75) is 26.5 Å². The summed E-state index contributed by atoms with van der Waals surface area (Å²) >= 11 is 6.12. The zero-order valence-electron chi connectivity index (χ0n) is 9.81. The molecule has 0 amide bonds. The highest BCUT2D eigenvalue weighted by Crippen LogP contribution is 2.24. The van der Waals surface area contributed by atoms with Crippen LogP contribution < -0.4 is 0 Å². The predicted molar refractivity (Wildman–Crippen MR) is 68.2 cm³/mol. The summed E-state index contributed by atoms with van der Waals surface area (Å²) in [6.45, 7) is 3.85. The number of nitrogens with zero attached hydrogens (tertiary/aromatic N) is 1. The van der Waals surface area contributed by atoms with Gasteiger partial charge in [0, 0.05) is 11.6 Å². The molecule has 17 heavy (non-hydrogen) atoms. The summed E-state index contributed by atoms with van der Waals surface area (Å²) < 4.78 is 6.92. The minimum absolute atomic E-state index is 0.0974. The molecule has 1 heterocycles. The molecule has 0 fully saturated rings. The molecule has 1 aromatic carbocycles. The molecule has 0 N–H and O–H groups in total. The first kappa shape index (κ1) is 12.0. The van der Waals surface area contributed by atoms with Gasteiger partial charge >= 0.3 is 5.97 Å². The molecule has 0 bridgehead atoms. The number of fused-ring (bicyclic) bond motifs is 1. The van der Waals surface area contributed by atoms with E-state index in [1.54, 1.807) is 0 Å². The average Bonchev–Trinajstić information content (AvgIpc) is 2.61. The number of carbonyl (C=O) groups is 1. The maximum atomic E-state index is 11.6. The van der Waals surface area contributed by atoms with E-state index in [2.05, 4.69) is 0 Å². The van der Waals surface area contributed by atoms with Crippen molar-refractivity contribution in [2.75, 3.05) is 0 Å². The first-order valence-corrected chi connectivity index (χ1v) is 5.88. The zero-order chi connectivity index (χ0) is 12.4. The molecule has 0 saturated heterocycles. The number of rotatable bonds is 3. The highest BCUT2D eigenvalue weighted by molar-refractivity contribution is 6.35. The molecular formula is C13H14ClNO2. The molecule has 90 valence electrons. The maximum absolute atomic E-state index is 11.6. The van der Waals surface area contributed by atoms with Crippen LogP contribution in [0, 0.1) is 0 Å². The minimum Gasteiger partial charge on any atom is -0.462 e. The maximum Gasteiger partial charge on any atom is 0.326 e. The Labute approximate surface area is 105 Å². The monoisotopic (exact) mass is 251 g/mol. The number of hydrogen-bond donors (Lipinski definition) is 0. The highest BCUT2D eigenvalue weighted by atomic mass is 35.5. The number of ether oxygens (including phenoxy) is 1. The Kier molecular flexibility index (Phi) is 3.38. The van der Waals surface area contributed by atoms with Crippen LogP contribution in [-0.4, -0.2) is 16.6 Å². The number of benzene rings is 1. The SMILES string of the molecule is CC(C)OC(=O)Cn1ccc2cccc(Cl)c21. The van der Waals surface area contributed by atoms with E-state index in [9.17, 15) is 4.79 Å². The number of esters is 1. The molecule has 0 aliphatic rings. The van der Waals surface area contributed by atoms with Gasteiger partial charge in [-0.3, -0.25) is 4.79 Å². The standard InChI is InChI=1S/C13H14ClNO2/c1-9(2)17-12(16)8-15-7-6-10-4-3-5-11(14)13(10)15/h3-7,9H,8H2,1-2H3. The highest BCUT2D eigenvalue weighted by Gasteiger charge is 2.10. The van der Waals surface area contributed by atoms with Crippen molar-refractivity contribution < 1.29 is 9.53 Å². The van der Waals surface area contributed by atoms with Gasteiger partial charge < -0.3 is 9.30 Å². The van der Waals surface area contributed by atoms with Crippen molar-refractivity contribution in [3.8, 4) is 0 Å². The Bertz CT molecular complexity index is 545. The van der Waals surface area contributed by atoms with E-state index < -0.39 is 0 Å². The summed E-state index contributed by atoms with van der Waals surface area (Å²) in [4.78, 5) is 11.6. The minimum atomic E-state index is -0.252. The van der Waals surface area contributed by atoms with Crippen molar-refractivity contribution in [3.05, 3.63) is 35.5 Å². The molecule has 2 rings (SSSR count). The fourth-order valence-electron chi connectivity index (χ4n) is 1.79. The molecule has 0 aliphatic carbocycles. The molecule has 0 saturated carbocycles. The summed E-state index contributed by atoms with van der Waals surface area (Å²) in [5.41, 5.74) is 0.870. The van der Waals surface area contributed by atoms with Crippen LogP contribution >= 0.6 is 11.6 Å². The Morgan fingerprint density at radius 3 is 2.88 bits per heavy atom. The van der Waals surface area contributed by atoms with Crippen LogP contribution in [-0.2, 0) is 16.1 Å². The average molecular weight is 252 g/mol. The Balaban J connectivity index is 2.28. The van der Waals surface area contributed by atoms with Crippen LogP contribution in [0.4, 0.5) is 0 Å². The molecule has 3 nitrogen and oxygen atoms in total. The molecule has 0 radical (unpaired) electrons. The lowest BCUT2D eigenvalue weighted by atomic mass is 10.2. The van der Waals surface area contributed by atoms with Crippen LogP contribution in [0.3, 0.4) is 0 Å². The summed E-state index contributed by atoms with van der Waals surface area (Å²) in [5, 5.41) is 1.67. The lowest BCUT2D eigenvalue weighted by Gasteiger charge is -2.09. The van der Waals surface area contributed by atoms with Gasteiger partial charge in [-0.05, 0) is 26.0 Å². The third-order valence-corrected chi connectivity index (χ3v) is 2.71. The predicted octanol–water partition coefficient (Wildman–Crippen LogP) is 3.25. The van der Waals surface area contributed by atoms with Crippen LogP contribution in [0.5, 0.6) is 0 Å². The number of para-hydroxylation sites is 1. The molecule has 2 aromatic rings. The van der Waals surface area contributed by atoms with E-state index in [4.69, 9.17) is 16.3 Å². The Morgan fingerprint density at radius 1 is 1.41 bits per heavy atom. The van der Waals surface area contributed by atoms with Crippen molar-refractivity contribution in [1.29, 1.82) is 0 Å². The fourth-order valence-corrected chi connectivity index (χ4v) is 2.08. The molecule has 0 spiro atoms. The van der Waals surface area contributed by atoms with Crippen LogP contribution in [0.1, 0.15) is 13.8 Å². The smallest absolute Gasteiger partial charge is 0.326 e. The molecule has 4 heteroatoms. The third kappa shape index (κ3) is 2.61. The summed E-state index contributed by atoms with van der Waals surface area (Å²) in [6, 6.07) is 7.60. The van der Waals surface area contributed by atoms with Gasteiger partial charge in [-0.25, -0.2) is 0 Å². The Hall–Kier alpha value is -1.48. The van der Waals surface area contributed by atoms with Gasteiger partial charge in [0.1, 0.15) is 6.54 Å². The van der Waals surface area contributed by atoms with Gasteiger partial charge in [-0.1, -0.05) is 23.7 Å². The summed E-state index contributed by atoms with van der Waals surface area (Å²) in [7, 11) is 0. The second kappa shape index (κ2) is 4.80. The molecule has 0 unspecified atom stereocenters. The van der Waals surface area contributed by atoms with Crippen molar-refractivity contribution in [1.82, 2.24) is 4.57 Å². The van der Waals surface area contributed by atoms with E-state index in [1.165, 1.54) is 0 Å². The largest absolute Gasteiger partial charge is 0.462 e. The molecule has 1 aromatic heterocycles. The molecular weight excluding hydrogens is 238 g/mol. The zero-order valence-corrected chi connectivity index (χ0v) is 10.6. The summed E-state index contributed by atoms with van der Waals surface area (Å²) in [5.74, 6) is -0.252. The van der Waals surface area contributed by atoms with Crippen molar-refractivity contribution in [3.63, 3.8) is 0 Å². The van der Waals surface area contributed by atoms with Gasteiger partial charge in [0.25, 0.3) is 0 Å². The van der Waals surface area contributed by atoms with E-state index in [0.29, 0.717) is 5.02 Å². The fraction of sp³-hybridized carbons (Fsp3) is 0.308. The van der Waals surface area contributed by atoms with E-state index >= 15 is 0 Å². The van der Waals surface area contributed by atoms with E-state index in [-0.39, 0.29) is 18.6 Å². The van der Waals surface area contributed by atoms with Gasteiger partial charge in [0.05, 0.1) is 16.6 Å². The number of halogens is 1. The van der Waals surface area contributed by atoms with Gasteiger partial charge in [-0.15, -0.1) is 0 Å². The second-order valence-corrected chi connectivity index (χ2v) is 4.57. The third-order valence-electron chi connectivity index (χ3n) is 2.41. The molecule has 0 aliphatic heterocycles. The normalized spacial score (nSPS) is 11.1. The summed E-state index contributed by atoms with van der Waals surface area (Å²) in [6.07, 6.45) is 1.75. The molecule has 0 atom stereocenters. The lowest BCUT2D eigenvalue weighted by molar-refractivity contribution is -0.148. The van der Waals surface area contributed by atoms with Gasteiger partial charge in [0.2, 0.25) is 0 Å². The topological polar surface area (TPSA) is 31.2 Å². The van der Waals surface area contributed by atoms with E-state index in [0.717, 1.165) is 10.9 Å². The number of carbonyl (C=O) groups excluding carboxylic acids is 1. The van der Waals surface area contributed by atoms with Gasteiger partial charge in [-0.2, -0.15) is 0 Å². The first-order valence-electron chi connectivity index (χ1n) is 5.51. The quantitative estimate of drug-likeness (QED) is 0.784. The first-order chi connectivity index (χ1) is 8.08. The van der Waals surface area contributed by atoms with Crippen molar-refractivity contribution >= 4 is 28.5 Å². The van der Waals surface area contributed by atoms with Crippen LogP contribution in [0.25, 0.3) is 10.9 Å². The second-order valence-electron chi connectivity index (χ2n) is 4.16. The number of aromatic nitrogens is 1. The van der Waals surface area contributed by atoms with E-state index in [1.807, 2.05) is 48.9 Å². The number of hydrogen-bond acceptors (Lipinski definition) is 2. The lowest BCUT2D eigenvalue weighted by Crippen LogP contribution is -2.17.